The number of rotatable bonds is 15. The van der Waals surface area contributed by atoms with Crippen LogP contribution >= 0.6 is 0 Å². The average molecular weight is 642 g/mol. The first kappa shape index (κ1) is 34.2. The third-order valence-electron chi connectivity index (χ3n) is 7.92. The van der Waals surface area contributed by atoms with Gasteiger partial charge in [0.05, 0.1) is 17.2 Å². The fraction of sp³-hybridized carbons (Fsp3) is 0.297. The van der Waals surface area contributed by atoms with Crippen LogP contribution < -0.4 is 14.4 Å². The van der Waals surface area contributed by atoms with Gasteiger partial charge >= 0.3 is 0 Å². The maximum Gasteiger partial charge on any atom is 0.264 e. The highest BCUT2D eigenvalue weighted by Gasteiger charge is 2.35. The fourth-order valence-corrected chi connectivity index (χ4v) is 6.53. The number of anilines is 1. The van der Waals surface area contributed by atoms with Gasteiger partial charge in [-0.1, -0.05) is 79.7 Å². The number of aryl methyl sites for hydroxylation is 1. The van der Waals surface area contributed by atoms with E-state index in [0.717, 1.165) is 27.4 Å². The lowest BCUT2D eigenvalue weighted by Crippen LogP contribution is -2.54. The minimum absolute atomic E-state index is 0.0532. The molecule has 1 N–H and O–H groups in total. The van der Waals surface area contributed by atoms with Gasteiger partial charge in [0.2, 0.25) is 11.8 Å². The number of nitrogens with zero attached hydrogens (tertiary/aromatic N) is 2. The third kappa shape index (κ3) is 8.75. The molecule has 46 heavy (non-hydrogen) atoms. The van der Waals surface area contributed by atoms with Gasteiger partial charge in [-0.15, -0.1) is 0 Å². The molecule has 0 spiro atoms. The molecule has 0 aliphatic carbocycles. The molecule has 4 aromatic carbocycles. The highest BCUT2D eigenvalue weighted by Crippen LogP contribution is 2.27. The topological polar surface area (TPSA) is 96.0 Å². The lowest BCUT2D eigenvalue weighted by Gasteiger charge is -2.34. The van der Waals surface area contributed by atoms with Crippen molar-refractivity contribution in [1.82, 2.24) is 10.2 Å². The Bertz CT molecular complexity index is 1680. The second-order valence-corrected chi connectivity index (χ2v) is 13.1. The van der Waals surface area contributed by atoms with Crippen molar-refractivity contribution in [3.05, 3.63) is 126 Å². The summed E-state index contributed by atoms with van der Waals surface area (Å²) in [6.07, 6.45) is 0.978. The Labute approximate surface area is 273 Å². The normalized spacial score (nSPS) is 12.5. The quantitative estimate of drug-likeness (QED) is 0.168. The van der Waals surface area contributed by atoms with E-state index in [4.69, 9.17) is 4.74 Å². The van der Waals surface area contributed by atoms with E-state index in [1.165, 1.54) is 17.0 Å². The number of amides is 2. The zero-order valence-electron chi connectivity index (χ0n) is 26.9. The molecule has 0 radical (unpaired) electrons. The van der Waals surface area contributed by atoms with Crippen molar-refractivity contribution in [1.29, 1.82) is 0 Å². The number of nitrogens with one attached hydrogen (secondary N) is 1. The van der Waals surface area contributed by atoms with Crippen molar-refractivity contribution in [2.45, 2.75) is 64.1 Å². The summed E-state index contributed by atoms with van der Waals surface area (Å²) in [7, 11) is -4.17. The molecule has 2 unspecified atom stereocenters. The van der Waals surface area contributed by atoms with Gasteiger partial charge < -0.3 is 15.0 Å². The molecule has 2 atom stereocenters. The molecule has 0 saturated heterocycles. The van der Waals surface area contributed by atoms with E-state index in [1.54, 1.807) is 42.5 Å². The van der Waals surface area contributed by atoms with Crippen LogP contribution in [0.2, 0.25) is 0 Å². The molecule has 4 rings (SSSR count). The molecule has 0 aliphatic rings. The highest BCUT2D eigenvalue weighted by molar-refractivity contribution is 7.92. The number of ether oxygens (including phenoxy) is 1. The largest absolute Gasteiger partial charge is 0.494 e. The number of benzene rings is 4. The van der Waals surface area contributed by atoms with E-state index in [-0.39, 0.29) is 29.8 Å². The molecule has 8 nitrogen and oxygen atoms in total. The lowest BCUT2D eigenvalue weighted by molar-refractivity contribution is -0.140. The van der Waals surface area contributed by atoms with Crippen LogP contribution in [0.3, 0.4) is 0 Å². The lowest BCUT2D eigenvalue weighted by atomic mass is 10.0. The molecule has 0 aliphatic heterocycles. The highest BCUT2D eigenvalue weighted by atomic mass is 32.2. The smallest absolute Gasteiger partial charge is 0.264 e. The van der Waals surface area contributed by atoms with Gasteiger partial charge in [-0.2, -0.15) is 0 Å². The summed E-state index contributed by atoms with van der Waals surface area (Å²) in [6.45, 7) is 7.79. The fourth-order valence-electron chi connectivity index (χ4n) is 5.09. The number of sulfonamides is 1. The van der Waals surface area contributed by atoms with E-state index in [9.17, 15) is 18.0 Å². The second kappa shape index (κ2) is 16.1. The first-order valence-corrected chi connectivity index (χ1v) is 17.1. The van der Waals surface area contributed by atoms with Crippen LogP contribution in [0, 0.1) is 6.92 Å². The zero-order chi connectivity index (χ0) is 33.1. The maximum atomic E-state index is 14.6. The van der Waals surface area contributed by atoms with Crippen LogP contribution in [0.25, 0.3) is 0 Å². The van der Waals surface area contributed by atoms with Crippen LogP contribution in [0.4, 0.5) is 5.69 Å². The number of hydrogen-bond donors (Lipinski definition) is 1. The van der Waals surface area contributed by atoms with E-state index in [0.29, 0.717) is 18.0 Å². The Balaban J connectivity index is 1.81. The molecular formula is C37H43N3O5S. The first-order chi connectivity index (χ1) is 22.1. The summed E-state index contributed by atoms with van der Waals surface area (Å²) >= 11 is 0. The van der Waals surface area contributed by atoms with Crippen LogP contribution in [-0.4, -0.2) is 50.4 Å². The standard InChI is InChI=1S/C37H43N3O5S/c1-5-29(4)38-37(42)35(25-30-16-9-7-10-17-30)39(26-31-18-14-13-15-28(31)3)36(41)27-40(32-21-23-33(24-22-32)45-6-2)46(43,44)34-19-11-8-12-20-34/h7-24,29,35H,5-6,25-27H2,1-4H3,(H,38,42). The van der Waals surface area contributed by atoms with Crippen LogP contribution in [0.1, 0.15) is 43.9 Å². The molecule has 0 heterocycles. The van der Waals surface area contributed by atoms with Gasteiger partial charge in [0.1, 0.15) is 18.3 Å². The summed E-state index contributed by atoms with van der Waals surface area (Å²) in [4.78, 5) is 30.1. The van der Waals surface area contributed by atoms with Gasteiger partial charge in [0.15, 0.2) is 0 Å². The van der Waals surface area contributed by atoms with Crippen molar-refractivity contribution in [3.8, 4) is 5.75 Å². The number of carbonyl (C=O) groups excluding carboxylic acids is 2. The van der Waals surface area contributed by atoms with Crippen LogP contribution in [0.15, 0.2) is 114 Å². The number of hydrogen-bond acceptors (Lipinski definition) is 5. The van der Waals surface area contributed by atoms with Gasteiger partial charge in [-0.25, -0.2) is 8.42 Å². The summed E-state index contributed by atoms with van der Waals surface area (Å²) in [5.74, 6) is -0.212. The predicted octanol–water partition coefficient (Wildman–Crippen LogP) is 6.14. The van der Waals surface area contributed by atoms with E-state index in [2.05, 4.69) is 5.32 Å². The minimum atomic E-state index is -4.17. The Morgan fingerprint density at radius 2 is 1.43 bits per heavy atom. The Morgan fingerprint density at radius 3 is 2.04 bits per heavy atom. The van der Waals surface area contributed by atoms with E-state index < -0.39 is 28.5 Å². The summed E-state index contributed by atoms with van der Waals surface area (Å²) in [5, 5.41) is 3.07. The van der Waals surface area contributed by atoms with Crippen molar-refractivity contribution < 1.29 is 22.7 Å². The molecule has 4 aromatic rings. The summed E-state index contributed by atoms with van der Waals surface area (Å²) in [6, 6.07) is 30.9. The molecule has 242 valence electrons. The molecule has 0 aromatic heterocycles. The molecule has 0 fully saturated rings. The van der Waals surface area contributed by atoms with E-state index in [1.807, 2.05) is 82.3 Å². The van der Waals surface area contributed by atoms with Gasteiger partial charge in [-0.3, -0.25) is 13.9 Å². The van der Waals surface area contributed by atoms with E-state index >= 15 is 0 Å². The van der Waals surface area contributed by atoms with Crippen LogP contribution in [0.5, 0.6) is 5.75 Å². The van der Waals surface area contributed by atoms with Crippen molar-refractivity contribution >= 4 is 27.5 Å². The second-order valence-electron chi connectivity index (χ2n) is 11.2. The van der Waals surface area contributed by atoms with Gasteiger partial charge in [-0.05, 0) is 80.3 Å². The molecule has 2 amide bonds. The Morgan fingerprint density at radius 1 is 0.826 bits per heavy atom. The first-order valence-electron chi connectivity index (χ1n) is 15.6. The van der Waals surface area contributed by atoms with Crippen molar-refractivity contribution in [3.63, 3.8) is 0 Å². The van der Waals surface area contributed by atoms with Crippen molar-refractivity contribution in [2.24, 2.45) is 0 Å². The number of carbonyl (C=O) groups is 2. The van der Waals surface area contributed by atoms with Gasteiger partial charge in [0.25, 0.3) is 10.0 Å². The predicted molar refractivity (Wildman–Crippen MR) is 182 cm³/mol. The zero-order valence-corrected chi connectivity index (χ0v) is 27.7. The van der Waals surface area contributed by atoms with Gasteiger partial charge in [0, 0.05) is 19.0 Å². The minimum Gasteiger partial charge on any atom is -0.494 e. The Kier molecular flexibility index (Phi) is 12.0. The van der Waals surface area contributed by atoms with Crippen molar-refractivity contribution in [2.75, 3.05) is 17.5 Å². The molecule has 0 bridgehead atoms. The molecular weight excluding hydrogens is 598 g/mol. The Hall–Kier alpha value is -4.63. The SMILES string of the molecule is CCOc1ccc(N(CC(=O)N(Cc2ccccc2C)C(Cc2ccccc2)C(=O)NC(C)CC)S(=O)(=O)c2ccccc2)cc1. The third-order valence-corrected chi connectivity index (χ3v) is 9.71. The maximum absolute atomic E-state index is 14.6. The molecule has 0 saturated carbocycles. The average Bonchev–Trinajstić information content (AvgIpc) is 3.07. The summed E-state index contributed by atoms with van der Waals surface area (Å²) < 4.78 is 35.0. The van der Waals surface area contributed by atoms with Crippen LogP contribution in [-0.2, 0) is 32.6 Å². The monoisotopic (exact) mass is 641 g/mol. The molecule has 9 heteroatoms. The summed E-state index contributed by atoms with van der Waals surface area (Å²) in [5.41, 5.74) is 3.01.